The molecule has 0 unspecified atom stereocenters. The molecule has 18 heavy (non-hydrogen) atoms. The average Bonchev–Trinajstić information content (AvgIpc) is 2.74. The Hall–Kier alpha value is -1.77. The number of aromatic nitrogens is 2. The largest absolute Gasteiger partial charge is 0.389 e. The van der Waals surface area contributed by atoms with Crippen LogP contribution in [0.5, 0.6) is 0 Å². The Labute approximate surface area is 110 Å². The monoisotopic (exact) mass is 259 g/mol. The fourth-order valence-corrected chi connectivity index (χ4v) is 2.64. The van der Waals surface area contributed by atoms with Gasteiger partial charge in [0.25, 0.3) is 0 Å². The van der Waals surface area contributed by atoms with E-state index in [-0.39, 0.29) is 0 Å². The van der Waals surface area contributed by atoms with E-state index in [1.54, 1.807) is 31.3 Å². The number of aliphatic hydroxyl groups is 1. The highest BCUT2D eigenvalue weighted by Gasteiger charge is 2.12. The van der Waals surface area contributed by atoms with Gasteiger partial charge in [-0.3, -0.25) is 0 Å². The van der Waals surface area contributed by atoms with Crippen LogP contribution in [0.2, 0.25) is 0 Å². The molecule has 0 radical (unpaired) electrons. The first-order valence-corrected chi connectivity index (χ1v) is 6.30. The van der Waals surface area contributed by atoms with Crippen LogP contribution in [0.4, 0.5) is 0 Å². The van der Waals surface area contributed by atoms with E-state index in [2.05, 4.69) is 11.1 Å². The van der Waals surface area contributed by atoms with Gasteiger partial charge in [-0.05, 0) is 24.6 Å². The maximum Gasteiger partial charge on any atom is 0.172 e. The quantitative estimate of drug-likeness (QED) is 0.920. The molecule has 5 heteroatoms. The minimum Gasteiger partial charge on any atom is -0.389 e. The second kappa shape index (κ2) is 5.25. The fourth-order valence-electron chi connectivity index (χ4n) is 1.59. The van der Waals surface area contributed by atoms with E-state index in [1.807, 2.05) is 17.8 Å². The fraction of sp³-hybridized carbons (Fsp3) is 0.231. The summed E-state index contributed by atoms with van der Waals surface area (Å²) in [6.45, 7) is 1.71. The van der Waals surface area contributed by atoms with E-state index in [1.165, 1.54) is 11.8 Å². The molecule has 0 saturated carbocycles. The van der Waals surface area contributed by atoms with Gasteiger partial charge in [0.05, 0.1) is 17.7 Å². The van der Waals surface area contributed by atoms with Crippen LogP contribution in [0.15, 0.2) is 40.6 Å². The zero-order chi connectivity index (χ0) is 13.1. The molecule has 0 amide bonds. The molecule has 0 aliphatic heterocycles. The van der Waals surface area contributed by atoms with Crippen molar-refractivity contribution >= 4 is 11.8 Å². The van der Waals surface area contributed by atoms with Crippen LogP contribution in [-0.2, 0) is 7.05 Å². The summed E-state index contributed by atoms with van der Waals surface area (Å²) in [5.41, 5.74) is 1.39. The predicted octanol–water partition coefficient (Wildman–Crippen LogP) is 2.50. The van der Waals surface area contributed by atoms with Gasteiger partial charge in [0, 0.05) is 24.3 Å². The van der Waals surface area contributed by atoms with Crippen molar-refractivity contribution in [2.24, 2.45) is 7.05 Å². The molecule has 1 heterocycles. The Kier molecular flexibility index (Phi) is 3.70. The molecule has 0 fully saturated rings. The summed E-state index contributed by atoms with van der Waals surface area (Å²) in [7, 11) is 1.91. The third-order valence-corrected chi connectivity index (χ3v) is 3.72. The van der Waals surface area contributed by atoms with Crippen LogP contribution >= 0.6 is 11.8 Å². The minimum absolute atomic E-state index is 0.569. The van der Waals surface area contributed by atoms with Crippen LogP contribution in [0.1, 0.15) is 24.2 Å². The van der Waals surface area contributed by atoms with Gasteiger partial charge in [0.2, 0.25) is 0 Å². The Morgan fingerprint density at radius 3 is 2.83 bits per heavy atom. The lowest BCUT2D eigenvalue weighted by Crippen LogP contribution is -1.96. The minimum atomic E-state index is -0.569. The van der Waals surface area contributed by atoms with Gasteiger partial charge in [0.1, 0.15) is 0 Å². The Balaban J connectivity index is 2.42. The van der Waals surface area contributed by atoms with Crippen LogP contribution in [0, 0.1) is 11.3 Å². The van der Waals surface area contributed by atoms with Crippen molar-refractivity contribution in [3.8, 4) is 6.07 Å². The summed E-state index contributed by atoms with van der Waals surface area (Å²) in [5.74, 6) is 0. The third-order valence-electron chi connectivity index (χ3n) is 2.57. The summed E-state index contributed by atoms with van der Waals surface area (Å²) in [6, 6.07) is 7.38. The van der Waals surface area contributed by atoms with E-state index in [0.29, 0.717) is 5.56 Å². The Bertz CT molecular complexity index is 599. The zero-order valence-corrected chi connectivity index (χ0v) is 11.0. The number of rotatable bonds is 3. The molecular weight excluding hydrogens is 246 g/mol. The summed E-state index contributed by atoms with van der Waals surface area (Å²) in [4.78, 5) is 5.09. The van der Waals surface area contributed by atoms with E-state index < -0.39 is 6.10 Å². The molecule has 0 bridgehead atoms. The maximum absolute atomic E-state index is 9.74. The average molecular weight is 259 g/mol. The van der Waals surface area contributed by atoms with Gasteiger partial charge < -0.3 is 9.67 Å². The van der Waals surface area contributed by atoms with Gasteiger partial charge in [-0.1, -0.05) is 17.8 Å². The lowest BCUT2D eigenvalue weighted by Gasteiger charge is -2.11. The number of nitriles is 1. The first-order chi connectivity index (χ1) is 8.61. The molecule has 4 nitrogen and oxygen atoms in total. The van der Waals surface area contributed by atoms with E-state index in [4.69, 9.17) is 5.26 Å². The first-order valence-electron chi connectivity index (χ1n) is 5.49. The van der Waals surface area contributed by atoms with Crippen molar-refractivity contribution in [3.63, 3.8) is 0 Å². The van der Waals surface area contributed by atoms with Crippen molar-refractivity contribution in [3.05, 3.63) is 41.7 Å². The standard InChI is InChI=1S/C13H13N3OS/c1-9(17)11-4-3-10(8-14)7-12(11)18-13-15-5-6-16(13)2/h3-7,9,17H,1-2H3/t9-/m0/s1. The second-order valence-corrected chi connectivity index (χ2v) is 4.97. The van der Waals surface area contributed by atoms with Gasteiger partial charge in [-0.2, -0.15) is 5.26 Å². The highest BCUT2D eigenvalue weighted by atomic mass is 32.2. The van der Waals surface area contributed by atoms with Crippen LogP contribution in [-0.4, -0.2) is 14.7 Å². The summed E-state index contributed by atoms with van der Waals surface area (Å²) >= 11 is 1.45. The number of imidazole rings is 1. The lowest BCUT2D eigenvalue weighted by molar-refractivity contribution is 0.196. The van der Waals surface area contributed by atoms with Crippen molar-refractivity contribution in [1.29, 1.82) is 5.26 Å². The molecule has 1 atom stereocenters. The Morgan fingerprint density at radius 2 is 2.28 bits per heavy atom. The van der Waals surface area contributed by atoms with E-state index in [9.17, 15) is 5.11 Å². The first kappa shape index (κ1) is 12.7. The number of benzene rings is 1. The molecule has 2 rings (SSSR count). The zero-order valence-electron chi connectivity index (χ0n) is 10.2. The molecule has 0 saturated heterocycles. The molecule has 92 valence electrons. The number of hydrogen-bond donors (Lipinski definition) is 1. The highest BCUT2D eigenvalue weighted by molar-refractivity contribution is 7.99. The van der Waals surface area contributed by atoms with Crippen LogP contribution in [0.25, 0.3) is 0 Å². The lowest BCUT2D eigenvalue weighted by atomic mass is 10.1. The molecule has 0 aliphatic carbocycles. The topological polar surface area (TPSA) is 61.8 Å². The van der Waals surface area contributed by atoms with Crippen molar-refractivity contribution in [2.75, 3.05) is 0 Å². The SMILES string of the molecule is C[C@H](O)c1ccc(C#N)cc1Sc1nccn1C. The van der Waals surface area contributed by atoms with Crippen LogP contribution in [0.3, 0.4) is 0 Å². The number of nitrogens with zero attached hydrogens (tertiary/aromatic N) is 3. The molecule has 0 spiro atoms. The molecule has 1 aromatic carbocycles. The predicted molar refractivity (Wildman–Crippen MR) is 69.1 cm³/mol. The molecule has 1 aromatic heterocycles. The number of aliphatic hydroxyl groups excluding tert-OH is 1. The van der Waals surface area contributed by atoms with Crippen molar-refractivity contribution < 1.29 is 5.11 Å². The summed E-state index contributed by atoms with van der Waals surface area (Å²) in [6.07, 6.45) is 3.01. The normalized spacial score (nSPS) is 12.1. The van der Waals surface area contributed by atoms with E-state index in [0.717, 1.165) is 15.6 Å². The summed E-state index contributed by atoms with van der Waals surface area (Å²) < 4.78 is 1.90. The Morgan fingerprint density at radius 1 is 1.50 bits per heavy atom. The van der Waals surface area contributed by atoms with Crippen LogP contribution < -0.4 is 0 Å². The van der Waals surface area contributed by atoms with Crippen molar-refractivity contribution in [2.45, 2.75) is 23.1 Å². The van der Waals surface area contributed by atoms with E-state index >= 15 is 0 Å². The smallest absolute Gasteiger partial charge is 0.172 e. The van der Waals surface area contributed by atoms with Gasteiger partial charge in [-0.15, -0.1) is 0 Å². The maximum atomic E-state index is 9.74. The van der Waals surface area contributed by atoms with Gasteiger partial charge in [-0.25, -0.2) is 4.98 Å². The van der Waals surface area contributed by atoms with Gasteiger partial charge in [0.15, 0.2) is 5.16 Å². The van der Waals surface area contributed by atoms with Crippen molar-refractivity contribution in [1.82, 2.24) is 9.55 Å². The third kappa shape index (κ3) is 2.55. The molecule has 1 N–H and O–H groups in total. The second-order valence-electron chi connectivity index (χ2n) is 3.96. The number of aryl methyl sites for hydroxylation is 1. The highest BCUT2D eigenvalue weighted by Crippen LogP contribution is 2.32. The molecular formula is C13H13N3OS. The summed E-state index contributed by atoms with van der Waals surface area (Å²) in [5, 5.41) is 19.5. The molecule has 0 aliphatic rings. The van der Waals surface area contributed by atoms with Gasteiger partial charge >= 0.3 is 0 Å². The molecule has 2 aromatic rings. The number of hydrogen-bond acceptors (Lipinski definition) is 4.